The van der Waals surface area contributed by atoms with Crippen molar-refractivity contribution in [3.8, 4) is 11.3 Å². The molecule has 0 radical (unpaired) electrons. The standard InChI is InChI=1S/C28H30F3N5O5/c1-3-34(4-2)25(38)26(41-27(39)28(29,30)31)36-17-19(18-9-5-7-11-21(18)36)23-24(37)35(14-16-40-15-13-32)22-12-8-6-10-20(22)33-23/h5-12,17,26H,3-4,13-16,32H2,1-2H3. The van der Waals surface area contributed by atoms with Crippen molar-refractivity contribution in [3.05, 3.63) is 65.1 Å². The first kappa shape index (κ1) is 29.7. The summed E-state index contributed by atoms with van der Waals surface area (Å²) in [6.45, 7) is 4.69. The molecule has 10 nitrogen and oxygen atoms in total. The lowest BCUT2D eigenvalue weighted by molar-refractivity contribution is -0.210. The second kappa shape index (κ2) is 12.5. The van der Waals surface area contributed by atoms with Crippen molar-refractivity contribution >= 4 is 33.8 Å². The number of fused-ring (bicyclic) bond motifs is 2. The largest absolute Gasteiger partial charge is 0.491 e. The fourth-order valence-electron chi connectivity index (χ4n) is 4.60. The van der Waals surface area contributed by atoms with Crippen LogP contribution >= 0.6 is 0 Å². The van der Waals surface area contributed by atoms with Gasteiger partial charge in [0, 0.05) is 43.3 Å². The molecule has 0 aliphatic rings. The molecule has 4 aromatic rings. The van der Waals surface area contributed by atoms with Crippen molar-refractivity contribution in [2.75, 3.05) is 32.8 Å². The summed E-state index contributed by atoms with van der Waals surface area (Å²) >= 11 is 0. The SMILES string of the molecule is CCN(CC)C(=O)C(OC(=O)C(F)(F)F)n1cc(-c2nc3ccccc3n(CCOCCN)c2=O)c2ccccc21. The molecule has 0 fully saturated rings. The number of hydrogen-bond acceptors (Lipinski definition) is 7. The van der Waals surface area contributed by atoms with Crippen molar-refractivity contribution in [3.63, 3.8) is 0 Å². The Hall–Kier alpha value is -4.23. The number of halogens is 3. The van der Waals surface area contributed by atoms with Crippen molar-refractivity contribution in [1.82, 2.24) is 19.0 Å². The highest BCUT2D eigenvalue weighted by atomic mass is 19.4. The van der Waals surface area contributed by atoms with Crippen LogP contribution in [0.3, 0.4) is 0 Å². The molecule has 2 N–H and O–H groups in total. The van der Waals surface area contributed by atoms with Crippen LogP contribution in [0.5, 0.6) is 0 Å². The van der Waals surface area contributed by atoms with Crippen LogP contribution < -0.4 is 11.3 Å². The molecule has 4 rings (SSSR count). The fraction of sp³-hybridized carbons (Fsp3) is 0.357. The van der Waals surface area contributed by atoms with E-state index in [0.29, 0.717) is 29.6 Å². The van der Waals surface area contributed by atoms with Gasteiger partial charge in [0.05, 0.1) is 29.8 Å². The molecule has 41 heavy (non-hydrogen) atoms. The molecule has 218 valence electrons. The van der Waals surface area contributed by atoms with E-state index in [0.717, 1.165) is 4.57 Å². The first-order valence-corrected chi connectivity index (χ1v) is 13.1. The number of hydrogen-bond donors (Lipinski definition) is 1. The molecule has 2 aromatic heterocycles. The van der Waals surface area contributed by atoms with Crippen LogP contribution in [0.1, 0.15) is 20.1 Å². The van der Waals surface area contributed by atoms with Crippen LogP contribution in [-0.4, -0.2) is 69.9 Å². The van der Waals surface area contributed by atoms with Crippen LogP contribution in [0.15, 0.2) is 59.5 Å². The number of ether oxygens (including phenoxy) is 2. The summed E-state index contributed by atoms with van der Waals surface area (Å²) in [6.07, 6.45) is -5.98. The zero-order valence-corrected chi connectivity index (χ0v) is 22.6. The molecule has 13 heteroatoms. The predicted molar refractivity (Wildman–Crippen MR) is 146 cm³/mol. The van der Waals surface area contributed by atoms with Gasteiger partial charge in [-0.2, -0.15) is 13.2 Å². The molecule has 1 amide bonds. The van der Waals surface area contributed by atoms with Gasteiger partial charge < -0.3 is 29.2 Å². The van der Waals surface area contributed by atoms with E-state index in [1.807, 2.05) is 0 Å². The second-order valence-corrected chi connectivity index (χ2v) is 9.04. The van der Waals surface area contributed by atoms with E-state index >= 15 is 0 Å². The van der Waals surface area contributed by atoms with E-state index in [-0.39, 0.29) is 43.0 Å². The average molecular weight is 574 g/mol. The molecular formula is C28H30F3N5O5. The van der Waals surface area contributed by atoms with Gasteiger partial charge in [0.15, 0.2) is 0 Å². The number of rotatable bonds is 11. The number of likely N-dealkylation sites (N-methyl/N-ethyl adjacent to an activating group) is 1. The first-order chi connectivity index (χ1) is 19.6. The molecule has 0 saturated heterocycles. The molecule has 0 saturated carbocycles. The molecular weight excluding hydrogens is 543 g/mol. The number of carbonyl (C=O) groups excluding carboxylic acids is 2. The lowest BCUT2D eigenvalue weighted by atomic mass is 10.1. The lowest BCUT2D eigenvalue weighted by Gasteiger charge is -2.26. The number of amides is 1. The maximum absolute atomic E-state index is 13.8. The number of para-hydroxylation sites is 3. The smallest absolute Gasteiger partial charge is 0.425 e. The quantitative estimate of drug-likeness (QED) is 0.215. The Morgan fingerprint density at radius 2 is 1.68 bits per heavy atom. The molecule has 0 aliphatic heterocycles. The van der Waals surface area contributed by atoms with Gasteiger partial charge in [0.25, 0.3) is 17.7 Å². The molecule has 0 spiro atoms. The highest BCUT2D eigenvalue weighted by Gasteiger charge is 2.44. The Labute approximate surface area is 233 Å². The third-order valence-corrected chi connectivity index (χ3v) is 6.56. The second-order valence-electron chi connectivity index (χ2n) is 9.04. The molecule has 0 aliphatic carbocycles. The van der Waals surface area contributed by atoms with Crippen LogP contribution in [0, 0.1) is 0 Å². The molecule has 2 aromatic carbocycles. The number of aromatic nitrogens is 3. The minimum Gasteiger partial charge on any atom is -0.425 e. The topological polar surface area (TPSA) is 122 Å². The zero-order chi connectivity index (χ0) is 29.7. The summed E-state index contributed by atoms with van der Waals surface area (Å²) in [5.74, 6) is -3.35. The number of nitrogens with two attached hydrogens (primary N) is 1. The summed E-state index contributed by atoms with van der Waals surface area (Å²) in [5.41, 5.74) is 6.62. The minimum absolute atomic E-state index is 0.00802. The van der Waals surface area contributed by atoms with Gasteiger partial charge in [-0.15, -0.1) is 0 Å². The van der Waals surface area contributed by atoms with Crippen LogP contribution in [-0.2, 0) is 25.6 Å². The van der Waals surface area contributed by atoms with E-state index in [9.17, 15) is 27.6 Å². The first-order valence-electron chi connectivity index (χ1n) is 13.1. The number of nitrogens with zero attached hydrogens (tertiary/aromatic N) is 4. The minimum atomic E-state index is -5.33. The van der Waals surface area contributed by atoms with Crippen molar-refractivity contribution in [2.24, 2.45) is 5.73 Å². The van der Waals surface area contributed by atoms with Crippen molar-refractivity contribution in [2.45, 2.75) is 32.8 Å². The number of esters is 1. The van der Waals surface area contributed by atoms with Crippen molar-refractivity contribution in [1.29, 1.82) is 0 Å². The Morgan fingerprint density at radius 1 is 1.02 bits per heavy atom. The highest BCUT2D eigenvalue weighted by Crippen LogP contribution is 2.33. The van der Waals surface area contributed by atoms with Gasteiger partial charge in [0.1, 0.15) is 5.69 Å². The van der Waals surface area contributed by atoms with Gasteiger partial charge in [-0.1, -0.05) is 30.3 Å². The summed E-state index contributed by atoms with van der Waals surface area (Å²) in [6, 6.07) is 13.5. The van der Waals surface area contributed by atoms with Gasteiger partial charge >= 0.3 is 12.1 Å². The monoisotopic (exact) mass is 573 g/mol. The number of carbonyl (C=O) groups is 2. The third-order valence-electron chi connectivity index (χ3n) is 6.56. The van der Waals surface area contributed by atoms with E-state index < -0.39 is 29.8 Å². The molecule has 1 atom stereocenters. The molecule has 1 unspecified atom stereocenters. The number of alkyl halides is 3. The van der Waals surface area contributed by atoms with Crippen LogP contribution in [0.25, 0.3) is 33.2 Å². The van der Waals surface area contributed by atoms with Gasteiger partial charge in [0.2, 0.25) is 0 Å². The summed E-state index contributed by atoms with van der Waals surface area (Å²) < 4.78 is 52.7. The zero-order valence-electron chi connectivity index (χ0n) is 22.6. The van der Waals surface area contributed by atoms with Crippen LogP contribution in [0.2, 0.25) is 0 Å². The van der Waals surface area contributed by atoms with E-state index in [4.69, 9.17) is 15.2 Å². The third kappa shape index (κ3) is 6.10. The lowest BCUT2D eigenvalue weighted by Crippen LogP contribution is -2.41. The Bertz CT molecular complexity index is 1610. The Kier molecular flexibility index (Phi) is 9.08. The van der Waals surface area contributed by atoms with Gasteiger partial charge in [-0.05, 0) is 32.0 Å². The van der Waals surface area contributed by atoms with E-state index in [1.165, 1.54) is 15.7 Å². The van der Waals surface area contributed by atoms with E-state index in [1.54, 1.807) is 62.4 Å². The Balaban J connectivity index is 1.93. The predicted octanol–water partition coefficient (Wildman–Crippen LogP) is 3.47. The highest BCUT2D eigenvalue weighted by molar-refractivity contribution is 5.97. The van der Waals surface area contributed by atoms with Gasteiger partial charge in [-0.3, -0.25) is 9.59 Å². The number of benzene rings is 2. The average Bonchev–Trinajstić information content (AvgIpc) is 3.33. The fourth-order valence-corrected chi connectivity index (χ4v) is 4.60. The summed E-state index contributed by atoms with van der Waals surface area (Å²) in [5, 5.41) is 0.429. The van der Waals surface area contributed by atoms with Gasteiger partial charge in [-0.25, -0.2) is 9.78 Å². The summed E-state index contributed by atoms with van der Waals surface area (Å²) in [7, 11) is 0. The normalized spacial score (nSPS) is 12.5. The maximum Gasteiger partial charge on any atom is 0.491 e. The van der Waals surface area contributed by atoms with Crippen LogP contribution in [0.4, 0.5) is 13.2 Å². The van der Waals surface area contributed by atoms with Crippen molar-refractivity contribution < 1.29 is 32.2 Å². The molecule has 2 heterocycles. The van der Waals surface area contributed by atoms with E-state index in [2.05, 4.69) is 4.98 Å². The summed E-state index contributed by atoms with van der Waals surface area (Å²) in [4.78, 5) is 45.0. The Morgan fingerprint density at radius 3 is 2.34 bits per heavy atom. The maximum atomic E-state index is 13.8. The molecule has 0 bridgehead atoms.